The lowest BCUT2D eigenvalue weighted by atomic mass is 10.5. The number of methoxy groups -OCH3 is 1. The standard InChI is InChI=1S/C11H18ClN3O4S/c1-18-5-6-19-4-2-3-15-20(16,17)9-7-10(12)11(13)14-8-9/h7-8,15H,2-6H2,1H3,(H2,13,14). The highest BCUT2D eigenvalue weighted by Crippen LogP contribution is 2.19. The molecule has 0 unspecified atom stereocenters. The van der Waals surface area contributed by atoms with E-state index in [4.69, 9.17) is 26.8 Å². The summed E-state index contributed by atoms with van der Waals surface area (Å²) >= 11 is 5.74. The van der Waals surface area contributed by atoms with Gasteiger partial charge in [-0.05, 0) is 12.5 Å². The van der Waals surface area contributed by atoms with Crippen molar-refractivity contribution in [2.75, 3.05) is 39.2 Å². The molecule has 0 aliphatic heterocycles. The number of pyridine rings is 1. The first-order chi connectivity index (χ1) is 9.47. The molecule has 1 aromatic rings. The maximum atomic E-state index is 11.9. The van der Waals surface area contributed by atoms with Gasteiger partial charge in [0, 0.05) is 26.5 Å². The lowest BCUT2D eigenvalue weighted by Gasteiger charge is -2.08. The monoisotopic (exact) mass is 323 g/mol. The van der Waals surface area contributed by atoms with Crippen LogP contribution in [-0.2, 0) is 19.5 Å². The van der Waals surface area contributed by atoms with Crippen molar-refractivity contribution in [2.24, 2.45) is 0 Å². The first kappa shape index (κ1) is 17.1. The zero-order valence-corrected chi connectivity index (χ0v) is 12.7. The van der Waals surface area contributed by atoms with Crippen molar-refractivity contribution >= 4 is 27.4 Å². The zero-order chi connectivity index (χ0) is 15.0. The topological polar surface area (TPSA) is 104 Å². The highest BCUT2D eigenvalue weighted by atomic mass is 35.5. The number of nitrogens with zero attached hydrogens (tertiary/aromatic N) is 1. The third-order valence-corrected chi connectivity index (χ3v) is 4.07. The van der Waals surface area contributed by atoms with Crippen LogP contribution in [0.3, 0.4) is 0 Å². The van der Waals surface area contributed by atoms with Gasteiger partial charge in [0.05, 0.1) is 18.2 Å². The first-order valence-electron chi connectivity index (χ1n) is 5.94. The second-order valence-corrected chi connectivity index (χ2v) is 6.07. The summed E-state index contributed by atoms with van der Waals surface area (Å²) in [6.07, 6.45) is 1.72. The average Bonchev–Trinajstić information content (AvgIpc) is 2.40. The van der Waals surface area contributed by atoms with Crippen LogP contribution in [0.1, 0.15) is 6.42 Å². The van der Waals surface area contributed by atoms with Gasteiger partial charge < -0.3 is 15.2 Å². The number of rotatable bonds is 9. The molecule has 0 atom stereocenters. The Labute approximate surface area is 123 Å². The second kappa shape index (κ2) is 8.38. The van der Waals surface area contributed by atoms with Gasteiger partial charge >= 0.3 is 0 Å². The molecule has 1 rings (SSSR count). The fourth-order valence-corrected chi connectivity index (χ4v) is 2.56. The van der Waals surface area contributed by atoms with Gasteiger partial charge in [-0.2, -0.15) is 0 Å². The number of nitrogens with two attached hydrogens (primary N) is 1. The molecule has 0 saturated heterocycles. The molecule has 0 amide bonds. The largest absolute Gasteiger partial charge is 0.382 e. The fraction of sp³-hybridized carbons (Fsp3) is 0.545. The summed E-state index contributed by atoms with van der Waals surface area (Å²) in [5.74, 6) is 0.0946. The molecule has 1 heterocycles. The normalized spacial score (nSPS) is 11.7. The number of nitrogen functional groups attached to an aromatic ring is 1. The molecule has 1 aromatic heterocycles. The van der Waals surface area contributed by atoms with Crippen molar-refractivity contribution in [3.63, 3.8) is 0 Å². The molecule has 20 heavy (non-hydrogen) atoms. The molecule has 0 fully saturated rings. The molecular weight excluding hydrogens is 306 g/mol. The van der Waals surface area contributed by atoms with Crippen LogP contribution in [0.4, 0.5) is 5.82 Å². The molecule has 0 bridgehead atoms. The number of aromatic nitrogens is 1. The number of nitrogens with one attached hydrogen (secondary N) is 1. The maximum absolute atomic E-state index is 11.9. The van der Waals surface area contributed by atoms with Crippen LogP contribution in [0, 0.1) is 0 Å². The highest BCUT2D eigenvalue weighted by Gasteiger charge is 2.15. The Morgan fingerprint density at radius 2 is 2.15 bits per heavy atom. The molecule has 0 saturated carbocycles. The van der Waals surface area contributed by atoms with Crippen LogP contribution >= 0.6 is 11.6 Å². The minimum Gasteiger partial charge on any atom is -0.382 e. The fourth-order valence-electron chi connectivity index (χ4n) is 1.29. The minimum absolute atomic E-state index is 0.0167. The van der Waals surface area contributed by atoms with Crippen LogP contribution in [0.5, 0.6) is 0 Å². The summed E-state index contributed by atoms with van der Waals surface area (Å²) in [7, 11) is -2.04. The number of hydrogen-bond donors (Lipinski definition) is 2. The van der Waals surface area contributed by atoms with E-state index < -0.39 is 10.0 Å². The van der Waals surface area contributed by atoms with E-state index in [1.165, 1.54) is 12.3 Å². The quantitative estimate of drug-likeness (QED) is 0.647. The third-order valence-electron chi connectivity index (χ3n) is 2.34. The van der Waals surface area contributed by atoms with Crippen molar-refractivity contribution in [1.82, 2.24) is 9.71 Å². The van der Waals surface area contributed by atoms with E-state index in [-0.39, 0.29) is 22.3 Å². The molecule has 114 valence electrons. The summed E-state index contributed by atoms with van der Waals surface area (Å²) in [5.41, 5.74) is 5.43. The van der Waals surface area contributed by atoms with E-state index in [0.29, 0.717) is 26.2 Å². The van der Waals surface area contributed by atoms with Gasteiger partial charge in [-0.25, -0.2) is 18.1 Å². The lowest BCUT2D eigenvalue weighted by molar-refractivity contribution is 0.0699. The third kappa shape index (κ3) is 5.59. The summed E-state index contributed by atoms with van der Waals surface area (Å²) in [4.78, 5) is 3.69. The molecular formula is C11H18ClN3O4S. The molecule has 0 aromatic carbocycles. The summed E-state index contributed by atoms with van der Waals surface area (Å²) in [5, 5.41) is 0.107. The van der Waals surface area contributed by atoms with Crippen molar-refractivity contribution in [1.29, 1.82) is 0 Å². The Kier molecular flexibility index (Phi) is 7.17. The molecule has 0 spiro atoms. The van der Waals surface area contributed by atoms with Crippen LogP contribution < -0.4 is 10.5 Å². The van der Waals surface area contributed by atoms with Crippen LogP contribution in [0.15, 0.2) is 17.2 Å². The molecule has 7 nitrogen and oxygen atoms in total. The van der Waals surface area contributed by atoms with Crippen molar-refractivity contribution < 1.29 is 17.9 Å². The first-order valence-corrected chi connectivity index (χ1v) is 7.81. The summed E-state index contributed by atoms with van der Waals surface area (Å²) < 4.78 is 36.3. The van der Waals surface area contributed by atoms with Crippen molar-refractivity contribution in [3.05, 3.63) is 17.3 Å². The summed E-state index contributed by atoms with van der Waals surface area (Å²) in [6, 6.07) is 1.27. The van der Waals surface area contributed by atoms with E-state index in [1.54, 1.807) is 7.11 Å². The Morgan fingerprint density at radius 1 is 1.40 bits per heavy atom. The Hall–Kier alpha value is -0.930. The molecule has 0 radical (unpaired) electrons. The van der Waals surface area contributed by atoms with E-state index >= 15 is 0 Å². The second-order valence-electron chi connectivity index (χ2n) is 3.89. The molecule has 3 N–H and O–H groups in total. The van der Waals surface area contributed by atoms with Gasteiger partial charge in [0.1, 0.15) is 10.7 Å². The Bertz CT molecular complexity index is 524. The summed E-state index contributed by atoms with van der Waals surface area (Å²) in [6.45, 7) is 1.71. The number of sulfonamides is 1. The molecule has 9 heteroatoms. The van der Waals surface area contributed by atoms with E-state index in [1.807, 2.05) is 0 Å². The van der Waals surface area contributed by atoms with Crippen molar-refractivity contribution in [2.45, 2.75) is 11.3 Å². The van der Waals surface area contributed by atoms with E-state index in [2.05, 4.69) is 9.71 Å². The number of ether oxygens (including phenoxy) is 2. The number of anilines is 1. The Morgan fingerprint density at radius 3 is 2.80 bits per heavy atom. The zero-order valence-electron chi connectivity index (χ0n) is 11.1. The van der Waals surface area contributed by atoms with E-state index in [9.17, 15) is 8.42 Å². The molecule has 0 aliphatic rings. The maximum Gasteiger partial charge on any atom is 0.242 e. The minimum atomic E-state index is -3.63. The number of hydrogen-bond acceptors (Lipinski definition) is 6. The Balaban J connectivity index is 2.40. The predicted molar refractivity (Wildman–Crippen MR) is 76.2 cm³/mol. The van der Waals surface area contributed by atoms with Gasteiger partial charge in [-0.3, -0.25) is 0 Å². The highest BCUT2D eigenvalue weighted by molar-refractivity contribution is 7.89. The number of halogens is 1. The van der Waals surface area contributed by atoms with Crippen LogP contribution in [-0.4, -0.2) is 46.9 Å². The average molecular weight is 324 g/mol. The van der Waals surface area contributed by atoms with Gasteiger partial charge in [0.15, 0.2) is 0 Å². The molecule has 0 aliphatic carbocycles. The van der Waals surface area contributed by atoms with Crippen LogP contribution in [0.25, 0.3) is 0 Å². The van der Waals surface area contributed by atoms with Gasteiger partial charge in [-0.15, -0.1) is 0 Å². The van der Waals surface area contributed by atoms with Crippen LogP contribution in [0.2, 0.25) is 5.02 Å². The van der Waals surface area contributed by atoms with Gasteiger partial charge in [0.25, 0.3) is 0 Å². The smallest absolute Gasteiger partial charge is 0.242 e. The SMILES string of the molecule is COCCOCCCNS(=O)(=O)c1cnc(N)c(Cl)c1. The van der Waals surface area contributed by atoms with E-state index in [0.717, 1.165) is 0 Å². The van der Waals surface area contributed by atoms with Gasteiger partial charge in [0.2, 0.25) is 10.0 Å². The van der Waals surface area contributed by atoms with Gasteiger partial charge in [-0.1, -0.05) is 11.6 Å². The predicted octanol–water partition coefficient (Wildman–Crippen LogP) is 0.649. The lowest BCUT2D eigenvalue weighted by Crippen LogP contribution is -2.26. The van der Waals surface area contributed by atoms with Crippen molar-refractivity contribution in [3.8, 4) is 0 Å².